The Labute approximate surface area is 402 Å². The van der Waals surface area contributed by atoms with Gasteiger partial charge >= 0.3 is 0 Å². The van der Waals surface area contributed by atoms with Gasteiger partial charge in [-0.3, -0.25) is 0 Å². The molecule has 0 saturated heterocycles. The van der Waals surface area contributed by atoms with Gasteiger partial charge in [0.1, 0.15) is 22.8 Å². The van der Waals surface area contributed by atoms with Gasteiger partial charge in [0.05, 0.1) is 28.4 Å². The molecule has 0 aliphatic carbocycles. The van der Waals surface area contributed by atoms with Crippen LogP contribution in [0.1, 0.15) is 11.1 Å². The number of para-hydroxylation sites is 6. The van der Waals surface area contributed by atoms with Crippen LogP contribution < -0.4 is 9.80 Å². The summed E-state index contributed by atoms with van der Waals surface area (Å²) in [6.45, 7) is 4.24. The zero-order valence-corrected chi connectivity index (χ0v) is 38.3. The second-order valence-electron chi connectivity index (χ2n) is 17.9. The number of benzene rings is 11. The van der Waals surface area contributed by atoms with Crippen molar-refractivity contribution in [3.8, 4) is 22.3 Å². The van der Waals surface area contributed by atoms with Crippen molar-refractivity contribution in [2.24, 2.45) is 0 Å². The summed E-state index contributed by atoms with van der Waals surface area (Å²) in [5.74, 6) is -0.753. The Morgan fingerprint density at radius 3 is 1.36 bits per heavy atom. The lowest BCUT2D eigenvalue weighted by atomic mass is 9.91. The van der Waals surface area contributed by atoms with E-state index in [-0.39, 0.29) is 11.6 Å². The number of fused-ring (bicyclic) bond motifs is 9. The third-order valence-corrected chi connectivity index (χ3v) is 13.9. The Bertz CT molecular complexity index is 4200. The van der Waals surface area contributed by atoms with E-state index in [1.165, 1.54) is 12.1 Å². The average molecular weight is 909 g/mol. The zero-order valence-electron chi connectivity index (χ0n) is 38.3. The molecule has 0 bridgehead atoms. The third-order valence-electron chi connectivity index (χ3n) is 13.9. The summed E-state index contributed by atoms with van der Waals surface area (Å²) in [7, 11) is 0. The molecule has 0 fully saturated rings. The lowest BCUT2D eigenvalue weighted by Crippen LogP contribution is -2.15. The predicted molar refractivity (Wildman–Crippen MR) is 286 cm³/mol. The van der Waals surface area contributed by atoms with Gasteiger partial charge < -0.3 is 18.6 Å². The highest BCUT2D eigenvalue weighted by Gasteiger charge is 2.29. The first-order valence-corrected chi connectivity index (χ1v) is 23.5. The van der Waals surface area contributed by atoms with E-state index in [2.05, 4.69) is 74.5 Å². The maximum Gasteiger partial charge on any atom is 0.159 e. The van der Waals surface area contributed by atoms with Crippen molar-refractivity contribution in [2.45, 2.75) is 13.8 Å². The Balaban J connectivity index is 1.12. The lowest BCUT2D eigenvalue weighted by Gasteiger charge is -2.31. The molecule has 0 radical (unpaired) electrons. The van der Waals surface area contributed by atoms with Gasteiger partial charge in [0.25, 0.3) is 0 Å². The number of rotatable bonds is 8. The van der Waals surface area contributed by atoms with Gasteiger partial charge in [0.2, 0.25) is 0 Å². The maximum absolute atomic E-state index is 17.3. The zero-order chi connectivity index (χ0) is 47.0. The number of hydrogen-bond acceptors (Lipinski definition) is 4. The molecule has 0 aliphatic rings. The first-order chi connectivity index (χ1) is 34.4. The van der Waals surface area contributed by atoms with Crippen molar-refractivity contribution < 1.29 is 17.6 Å². The molecule has 0 unspecified atom stereocenters. The molecular formula is C64H42F2N2O2. The Kier molecular flexibility index (Phi) is 9.63. The fourth-order valence-electron chi connectivity index (χ4n) is 10.8. The highest BCUT2D eigenvalue weighted by atomic mass is 19.1. The summed E-state index contributed by atoms with van der Waals surface area (Å²) in [6, 6.07) is 71.3. The number of aryl methyl sites for hydroxylation is 2. The molecule has 334 valence electrons. The molecule has 0 amide bonds. The quantitative estimate of drug-likeness (QED) is 0.142. The first-order valence-electron chi connectivity index (χ1n) is 23.5. The first kappa shape index (κ1) is 41.2. The van der Waals surface area contributed by atoms with Crippen LogP contribution in [0, 0.1) is 25.5 Å². The normalized spacial score (nSPS) is 11.7. The van der Waals surface area contributed by atoms with E-state index in [4.69, 9.17) is 8.83 Å². The van der Waals surface area contributed by atoms with Crippen molar-refractivity contribution in [1.29, 1.82) is 0 Å². The average Bonchev–Trinajstić information content (AvgIpc) is 3.98. The fourth-order valence-corrected chi connectivity index (χ4v) is 10.8. The van der Waals surface area contributed by atoms with Gasteiger partial charge in [-0.15, -0.1) is 0 Å². The topological polar surface area (TPSA) is 32.8 Å². The van der Waals surface area contributed by atoms with E-state index < -0.39 is 0 Å². The molecule has 70 heavy (non-hydrogen) atoms. The van der Waals surface area contributed by atoms with Gasteiger partial charge in [0, 0.05) is 43.7 Å². The minimum atomic E-state index is -0.378. The van der Waals surface area contributed by atoms with Gasteiger partial charge in [0.15, 0.2) is 11.2 Å². The molecule has 0 N–H and O–H groups in total. The molecule has 0 saturated carbocycles. The molecule has 6 heteroatoms. The molecule has 0 spiro atoms. The Morgan fingerprint density at radius 1 is 0.343 bits per heavy atom. The monoisotopic (exact) mass is 908 g/mol. The largest absolute Gasteiger partial charge is 0.454 e. The van der Waals surface area contributed by atoms with E-state index in [0.29, 0.717) is 33.9 Å². The summed E-state index contributed by atoms with van der Waals surface area (Å²) in [5.41, 5.74) is 11.7. The number of furan rings is 2. The molecule has 13 aromatic rings. The molecule has 0 aliphatic heterocycles. The Morgan fingerprint density at radius 2 is 0.800 bits per heavy atom. The summed E-state index contributed by atoms with van der Waals surface area (Å²) in [5, 5.41) is 7.73. The predicted octanol–water partition coefficient (Wildman–Crippen LogP) is 19.0. The highest BCUT2D eigenvalue weighted by molar-refractivity contribution is 6.19. The van der Waals surface area contributed by atoms with E-state index in [9.17, 15) is 0 Å². The van der Waals surface area contributed by atoms with Crippen LogP contribution in [-0.2, 0) is 0 Å². The van der Waals surface area contributed by atoms with Gasteiger partial charge in [-0.1, -0.05) is 170 Å². The van der Waals surface area contributed by atoms with E-state index in [0.717, 1.165) is 99.0 Å². The van der Waals surface area contributed by atoms with Crippen molar-refractivity contribution in [2.75, 3.05) is 9.80 Å². The summed E-state index contributed by atoms with van der Waals surface area (Å²) in [6.07, 6.45) is 0. The smallest absolute Gasteiger partial charge is 0.159 e. The lowest BCUT2D eigenvalue weighted by molar-refractivity contribution is 0.628. The van der Waals surface area contributed by atoms with Crippen LogP contribution in [0.3, 0.4) is 0 Å². The van der Waals surface area contributed by atoms with Crippen LogP contribution in [0.2, 0.25) is 0 Å². The van der Waals surface area contributed by atoms with Crippen LogP contribution in [0.5, 0.6) is 0 Å². The third kappa shape index (κ3) is 6.41. The molecule has 2 heterocycles. The van der Waals surface area contributed by atoms with Crippen LogP contribution >= 0.6 is 0 Å². The summed E-state index contributed by atoms with van der Waals surface area (Å²) in [4.78, 5) is 4.07. The van der Waals surface area contributed by atoms with Crippen LogP contribution in [0.4, 0.5) is 42.9 Å². The number of anilines is 6. The maximum atomic E-state index is 17.3. The van der Waals surface area contributed by atoms with Crippen molar-refractivity contribution >= 4 is 99.5 Å². The second-order valence-corrected chi connectivity index (χ2v) is 17.9. The molecule has 13 rings (SSSR count). The number of halogens is 2. The minimum Gasteiger partial charge on any atom is -0.454 e. The molecule has 0 atom stereocenters. The van der Waals surface area contributed by atoms with Crippen LogP contribution in [0.15, 0.2) is 227 Å². The van der Waals surface area contributed by atoms with Crippen molar-refractivity contribution in [3.05, 3.63) is 241 Å². The standard InChI is InChI=1S/C64H42F2N2O2/c1-39-33-37-54(68(62-45(24-14-28-52(62)66)42-19-7-4-8-20-42)56-30-16-26-49-47-22-10-12-32-58(47)70-64(49)56)50-36-34-43-35-38-53(40(2)60(43)59(39)50)67(61-44(23-13-27-51(61)65)41-17-5-3-6-18-41)55-29-15-25-48-46-21-9-11-31-57(46)69-63(48)55/h3-38H,1-2H3. The summed E-state index contributed by atoms with van der Waals surface area (Å²) >= 11 is 0. The summed E-state index contributed by atoms with van der Waals surface area (Å²) < 4.78 is 48.0. The van der Waals surface area contributed by atoms with Crippen molar-refractivity contribution in [3.63, 3.8) is 0 Å². The molecule has 4 nitrogen and oxygen atoms in total. The minimum absolute atomic E-state index is 0.375. The molecule has 2 aromatic heterocycles. The molecular weight excluding hydrogens is 867 g/mol. The number of nitrogens with zero attached hydrogens (tertiary/aromatic N) is 2. The number of hydrogen-bond donors (Lipinski definition) is 0. The van der Waals surface area contributed by atoms with E-state index >= 15 is 8.78 Å². The van der Waals surface area contributed by atoms with Gasteiger partial charge in [-0.05, 0) is 101 Å². The van der Waals surface area contributed by atoms with E-state index in [1.54, 1.807) is 12.1 Å². The van der Waals surface area contributed by atoms with Gasteiger partial charge in [-0.2, -0.15) is 0 Å². The SMILES string of the molecule is Cc1c(N(c2c(F)cccc2-c2ccccc2)c2cccc3c2oc2ccccc23)ccc2ccc3c(N(c4c(F)cccc4-c4ccccc4)c4cccc5c4oc4ccccc45)ccc(C)c3c12. The fraction of sp³-hybridized carbons (Fsp3) is 0.0312. The highest BCUT2D eigenvalue weighted by Crippen LogP contribution is 2.52. The van der Waals surface area contributed by atoms with E-state index in [1.807, 2.05) is 143 Å². The van der Waals surface area contributed by atoms with Crippen molar-refractivity contribution in [1.82, 2.24) is 0 Å². The molecule has 11 aromatic carbocycles. The van der Waals surface area contributed by atoms with Crippen LogP contribution in [0.25, 0.3) is 87.7 Å². The Hall–Kier alpha value is -9.00. The van der Waals surface area contributed by atoms with Crippen LogP contribution in [-0.4, -0.2) is 0 Å². The second kappa shape index (κ2) is 16.4. The van der Waals surface area contributed by atoms with Gasteiger partial charge in [-0.25, -0.2) is 8.78 Å².